The minimum absolute atomic E-state index is 0.0560. The molecule has 1 fully saturated rings. The highest BCUT2D eigenvalue weighted by Gasteiger charge is 2.20. The Balaban J connectivity index is 2.37. The molecule has 0 aromatic heterocycles. The van der Waals surface area contributed by atoms with Gasteiger partial charge < -0.3 is 10.4 Å². The summed E-state index contributed by atoms with van der Waals surface area (Å²) >= 11 is 0. The van der Waals surface area contributed by atoms with Crippen molar-refractivity contribution in [1.82, 2.24) is 10.2 Å². The third-order valence-electron chi connectivity index (χ3n) is 3.14. The molecule has 98 valence electrons. The lowest BCUT2D eigenvalue weighted by Crippen LogP contribution is -2.45. The van der Waals surface area contributed by atoms with Gasteiger partial charge in [-0.1, -0.05) is 12.8 Å². The van der Waals surface area contributed by atoms with Gasteiger partial charge in [-0.2, -0.15) is 0 Å². The molecule has 17 heavy (non-hydrogen) atoms. The molecule has 1 saturated carbocycles. The van der Waals surface area contributed by atoms with E-state index in [0.29, 0.717) is 6.04 Å². The van der Waals surface area contributed by atoms with E-state index in [1.165, 1.54) is 12.8 Å². The third-order valence-corrected chi connectivity index (χ3v) is 3.14. The van der Waals surface area contributed by atoms with Gasteiger partial charge in [-0.3, -0.25) is 14.5 Å². The largest absolute Gasteiger partial charge is 0.480 e. The second kappa shape index (κ2) is 6.59. The van der Waals surface area contributed by atoms with E-state index < -0.39 is 5.97 Å². The maximum atomic E-state index is 11.7. The smallest absolute Gasteiger partial charge is 0.317 e. The normalized spacial score (nSPS) is 16.7. The molecule has 0 radical (unpaired) electrons. The second-order valence-corrected chi connectivity index (χ2v) is 4.94. The highest BCUT2D eigenvalue weighted by Crippen LogP contribution is 2.17. The summed E-state index contributed by atoms with van der Waals surface area (Å²) in [5.41, 5.74) is 0. The van der Waals surface area contributed by atoms with Gasteiger partial charge in [-0.05, 0) is 26.7 Å². The van der Waals surface area contributed by atoms with E-state index in [1.54, 1.807) is 4.90 Å². The number of nitrogens with one attached hydrogen (secondary N) is 1. The van der Waals surface area contributed by atoms with Gasteiger partial charge in [0.25, 0.3) is 0 Å². The van der Waals surface area contributed by atoms with Crippen LogP contribution in [0, 0.1) is 0 Å². The zero-order valence-corrected chi connectivity index (χ0v) is 10.6. The number of hydrogen-bond donors (Lipinski definition) is 2. The van der Waals surface area contributed by atoms with Crippen molar-refractivity contribution in [1.29, 1.82) is 0 Å². The van der Waals surface area contributed by atoms with Crippen LogP contribution in [0.25, 0.3) is 0 Å². The number of rotatable bonds is 6. The van der Waals surface area contributed by atoms with E-state index in [1.807, 2.05) is 13.8 Å². The fourth-order valence-corrected chi connectivity index (χ4v) is 2.12. The molecule has 0 aliphatic heterocycles. The summed E-state index contributed by atoms with van der Waals surface area (Å²) in [6.45, 7) is 3.87. The number of carboxylic acid groups (broad SMARTS) is 1. The van der Waals surface area contributed by atoms with Crippen LogP contribution in [-0.2, 0) is 9.59 Å². The topological polar surface area (TPSA) is 69.6 Å². The average Bonchev–Trinajstić information content (AvgIpc) is 2.68. The molecule has 1 amide bonds. The highest BCUT2D eigenvalue weighted by atomic mass is 16.4. The molecule has 0 saturated heterocycles. The van der Waals surface area contributed by atoms with E-state index in [9.17, 15) is 9.59 Å². The zero-order valence-electron chi connectivity index (χ0n) is 10.6. The van der Waals surface area contributed by atoms with Crippen molar-refractivity contribution in [2.75, 3.05) is 13.1 Å². The summed E-state index contributed by atoms with van der Waals surface area (Å²) in [5.74, 6) is -0.959. The number of nitrogens with zero attached hydrogens (tertiary/aromatic N) is 1. The zero-order chi connectivity index (χ0) is 12.8. The Hall–Kier alpha value is -1.10. The van der Waals surface area contributed by atoms with Gasteiger partial charge in [0.2, 0.25) is 5.91 Å². The van der Waals surface area contributed by atoms with Crippen LogP contribution in [0.3, 0.4) is 0 Å². The molecular formula is C12H22N2O3. The minimum atomic E-state index is -0.896. The van der Waals surface area contributed by atoms with Gasteiger partial charge in [-0.15, -0.1) is 0 Å². The molecule has 1 aliphatic carbocycles. The minimum Gasteiger partial charge on any atom is -0.480 e. The summed E-state index contributed by atoms with van der Waals surface area (Å²) in [4.78, 5) is 24.1. The Bertz CT molecular complexity index is 273. The Labute approximate surface area is 102 Å². The van der Waals surface area contributed by atoms with Crippen LogP contribution in [0.1, 0.15) is 39.5 Å². The Kier molecular flexibility index (Phi) is 5.41. The first-order valence-corrected chi connectivity index (χ1v) is 6.24. The van der Waals surface area contributed by atoms with Crippen LogP contribution < -0.4 is 5.32 Å². The van der Waals surface area contributed by atoms with Crippen molar-refractivity contribution in [2.45, 2.75) is 51.6 Å². The molecule has 1 aliphatic rings. The first-order valence-electron chi connectivity index (χ1n) is 6.24. The number of hydrogen-bond acceptors (Lipinski definition) is 3. The number of carbonyl (C=O) groups is 2. The molecule has 0 heterocycles. The molecule has 0 unspecified atom stereocenters. The second-order valence-electron chi connectivity index (χ2n) is 4.94. The first kappa shape index (κ1) is 14.0. The van der Waals surface area contributed by atoms with Gasteiger partial charge in [-0.25, -0.2) is 0 Å². The summed E-state index contributed by atoms with van der Waals surface area (Å²) in [6.07, 6.45) is 4.45. The van der Waals surface area contributed by atoms with Gasteiger partial charge in [0.1, 0.15) is 0 Å². The molecule has 0 atom stereocenters. The summed E-state index contributed by atoms with van der Waals surface area (Å²) in [6, 6.07) is 0.349. The molecule has 5 nitrogen and oxygen atoms in total. The predicted molar refractivity (Wildman–Crippen MR) is 64.7 cm³/mol. The summed E-state index contributed by atoms with van der Waals surface area (Å²) in [7, 11) is 0. The van der Waals surface area contributed by atoms with E-state index in [2.05, 4.69) is 5.32 Å². The van der Waals surface area contributed by atoms with E-state index >= 15 is 0 Å². The van der Waals surface area contributed by atoms with Gasteiger partial charge in [0, 0.05) is 12.1 Å². The Morgan fingerprint density at radius 2 is 1.88 bits per heavy atom. The number of carbonyl (C=O) groups excluding carboxylic acids is 1. The lowest BCUT2D eigenvalue weighted by Gasteiger charge is -2.24. The molecule has 2 N–H and O–H groups in total. The lowest BCUT2D eigenvalue weighted by molar-refractivity contribution is -0.139. The quantitative estimate of drug-likeness (QED) is 0.724. The Morgan fingerprint density at radius 3 is 2.35 bits per heavy atom. The maximum absolute atomic E-state index is 11.7. The summed E-state index contributed by atoms with van der Waals surface area (Å²) in [5, 5.41) is 11.7. The van der Waals surface area contributed by atoms with Crippen molar-refractivity contribution in [3.8, 4) is 0 Å². The first-order chi connectivity index (χ1) is 7.99. The standard InChI is InChI=1S/C12H22N2O3/c1-9(2)14(8-12(16)17)7-11(15)13-10-5-3-4-6-10/h9-10H,3-8H2,1-2H3,(H,13,15)(H,16,17). The van der Waals surface area contributed by atoms with Crippen LogP contribution in [0.5, 0.6) is 0 Å². The average molecular weight is 242 g/mol. The van der Waals surface area contributed by atoms with Crippen molar-refractivity contribution in [2.24, 2.45) is 0 Å². The lowest BCUT2D eigenvalue weighted by atomic mass is 10.2. The Morgan fingerprint density at radius 1 is 1.29 bits per heavy atom. The van der Waals surface area contributed by atoms with Crippen molar-refractivity contribution in [3.05, 3.63) is 0 Å². The van der Waals surface area contributed by atoms with Crippen LogP contribution in [0.2, 0.25) is 0 Å². The number of aliphatic carboxylic acids is 1. The SMILES string of the molecule is CC(C)N(CC(=O)O)CC(=O)NC1CCCC1. The predicted octanol–water partition coefficient (Wildman–Crippen LogP) is 0.840. The third kappa shape index (κ3) is 5.17. The molecular weight excluding hydrogens is 220 g/mol. The molecule has 0 aromatic rings. The fourth-order valence-electron chi connectivity index (χ4n) is 2.12. The molecule has 5 heteroatoms. The fraction of sp³-hybridized carbons (Fsp3) is 0.833. The van der Waals surface area contributed by atoms with Crippen LogP contribution >= 0.6 is 0 Å². The molecule has 0 bridgehead atoms. The van der Waals surface area contributed by atoms with E-state index in [4.69, 9.17) is 5.11 Å². The summed E-state index contributed by atoms with van der Waals surface area (Å²) < 4.78 is 0. The molecule has 0 spiro atoms. The van der Waals surface area contributed by atoms with Gasteiger partial charge >= 0.3 is 5.97 Å². The maximum Gasteiger partial charge on any atom is 0.317 e. The van der Waals surface area contributed by atoms with Crippen molar-refractivity contribution >= 4 is 11.9 Å². The van der Waals surface area contributed by atoms with Gasteiger partial charge in [0.15, 0.2) is 0 Å². The molecule has 0 aromatic carbocycles. The van der Waals surface area contributed by atoms with Crippen LogP contribution in [0.4, 0.5) is 0 Å². The monoisotopic (exact) mass is 242 g/mol. The van der Waals surface area contributed by atoms with Gasteiger partial charge in [0.05, 0.1) is 13.1 Å². The van der Waals surface area contributed by atoms with Crippen LogP contribution in [-0.4, -0.2) is 47.1 Å². The number of carboxylic acids is 1. The molecule has 1 rings (SSSR count). The highest BCUT2D eigenvalue weighted by molar-refractivity contribution is 5.79. The van der Waals surface area contributed by atoms with E-state index in [-0.39, 0.29) is 25.0 Å². The van der Waals surface area contributed by atoms with E-state index in [0.717, 1.165) is 12.8 Å². The number of amides is 1. The van der Waals surface area contributed by atoms with Crippen LogP contribution in [0.15, 0.2) is 0 Å². The van der Waals surface area contributed by atoms with Crippen molar-refractivity contribution in [3.63, 3.8) is 0 Å². The van der Waals surface area contributed by atoms with Crippen molar-refractivity contribution < 1.29 is 14.7 Å².